The van der Waals surface area contributed by atoms with E-state index in [1.54, 1.807) is 23.9 Å². The molecule has 0 saturated carbocycles. The molecule has 1 N–H and O–H groups in total. The fraction of sp³-hybridized carbons (Fsp3) is 0.286. The Kier molecular flexibility index (Phi) is 9.45. The molecule has 0 radical (unpaired) electrons. The quantitative estimate of drug-likeness (QED) is 0.271. The minimum atomic E-state index is -4.54. The molecule has 182 valence electrons. The molecule has 1 aromatic heterocycles. The highest BCUT2D eigenvalue weighted by molar-refractivity contribution is 7.99. The molecule has 13 heteroatoms. The monoisotopic (exact) mass is 568 g/mol. The molecule has 0 aliphatic rings. The third-order valence-electron chi connectivity index (χ3n) is 4.51. The first kappa shape index (κ1) is 27.0. The smallest absolute Gasteiger partial charge is 0.324 e. The lowest BCUT2D eigenvalue weighted by atomic mass is 10.2. The molecular formula is C21H18Cl3F3N4OS2. The van der Waals surface area contributed by atoms with E-state index in [0.29, 0.717) is 33.3 Å². The molecule has 0 unspecified atom stereocenters. The summed E-state index contributed by atoms with van der Waals surface area (Å²) in [6.07, 6.45) is -4.54. The largest absolute Gasteiger partial charge is 0.416 e. The summed E-state index contributed by atoms with van der Waals surface area (Å²) in [5.41, 5.74) is -0.0391. The van der Waals surface area contributed by atoms with Crippen LogP contribution in [0.2, 0.25) is 15.1 Å². The first-order chi connectivity index (χ1) is 16.1. The van der Waals surface area contributed by atoms with Crippen LogP contribution in [0, 0.1) is 0 Å². The zero-order chi connectivity index (χ0) is 24.9. The number of carbonyl (C=O) groups excluding carboxylic acids is 1. The molecule has 0 aliphatic heterocycles. The van der Waals surface area contributed by atoms with Gasteiger partial charge in [-0.25, -0.2) is 0 Å². The topological polar surface area (TPSA) is 59.8 Å². The Morgan fingerprint density at radius 3 is 2.50 bits per heavy atom. The lowest BCUT2D eigenvalue weighted by molar-refractivity contribution is -0.137. The number of nitrogens with zero attached hydrogens (tertiary/aromatic N) is 3. The number of amides is 1. The van der Waals surface area contributed by atoms with Gasteiger partial charge in [-0.2, -0.15) is 13.2 Å². The van der Waals surface area contributed by atoms with Crippen molar-refractivity contribution in [2.24, 2.45) is 0 Å². The molecule has 0 spiro atoms. The van der Waals surface area contributed by atoms with E-state index in [1.807, 2.05) is 17.6 Å². The Morgan fingerprint density at radius 1 is 1.06 bits per heavy atom. The van der Waals surface area contributed by atoms with Crippen molar-refractivity contribution in [3.8, 4) is 0 Å². The Hall–Kier alpha value is -1.59. The van der Waals surface area contributed by atoms with Crippen molar-refractivity contribution < 1.29 is 18.0 Å². The van der Waals surface area contributed by atoms with E-state index in [-0.39, 0.29) is 16.5 Å². The highest BCUT2D eigenvalue weighted by Gasteiger charge is 2.31. The lowest BCUT2D eigenvalue weighted by Crippen LogP contribution is -2.16. The molecule has 2 aromatic carbocycles. The molecule has 0 bridgehead atoms. The number of aromatic nitrogens is 3. The van der Waals surface area contributed by atoms with Crippen molar-refractivity contribution in [1.82, 2.24) is 14.8 Å². The van der Waals surface area contributed by atoms with Crippen LogP contribution in [0.3, 0.4) is 0 Å². The van der Waals surface area contributed by atoms with Crippen LogP contribution >= 0.6 is 58.3 Å². The first-order valence-electron chi connectivity index (χ1n) is 9.81. The minimum absolute atomic E-state index is 0.0168. The van der Waals surface area contributed by atoms with Crippen molar-refractivity contribution in [1.29, 1.82) is 0 Å². The van der Waals surface area contributed by atoms with Gasteiger partial charge in [-0.3, -0.25) is 4.79 Å². The summed E-state index contributed by atoms with van der Waals surface area (Å²) < 4.78 is 40.6. The Bertz CT molecular complexity index is 1170. The van der Waals surface area contributed by atoms with Gasteiger partial charge in [0.05, 0.1) is 27.8 Å². The molecule has 3 aromatic rings. The molecular weight excluding hydrogens is 552 g/mol. The van der Waals surface area contributed by atoms with Crippen molar-refractivity contribution >= 4 is 69.9 Å². The lowest BCUT2D eigenvalue weighted by Gasteiger charge is -2.12. The van der Waals surface area contributed by atoms with Gasteiger partial charge in [0, 0.05) is 22.3 Å². The average molecular weight is 570 g/mol. The van der Waals surface area contributed by atoms with Crippen LogP contribution in [0.15, 0.2) is 41.6 Å². The Balaban J connectivity index is 1.58. The number of rotatable bonds is 9. The molecule has 1 heterocycles. The fourth-order valence-corrected chi connectivity index (χ4v) is 5.37. The van der Waals surface area contributed by atoms with Crippen molar-refractivity contribution in [2.75, 3.05) is 11.1 Å². The van der Waals surface area contributed by atoms with Gasteiger partial charge < -0.3 is 9.88 Å². The van der Waals surface area contributed by atoms with Gasteiger partial charge in [0.1, 0.15) is 5.82 Å². The number of thioether (sulfide) groups is 2. The van der Waals surface area contributed by atoms with E-state index in [2.05, 4.69) is 15.5 Å². The molecule has 1 amide bonds. The number of hydrogen-bond acceptors (Lipinski definition) is 5. The predicted octanol–water partition coefficient (Wildman–Crippen LogP) is 7.44. The number of benzene rings is 2. The van der Waals surface area contributed by atoms with Crippen LogP contribution in [0.4, 0.5) is 18.9 Å². The number of halogens is 6. The van der Waals surface area contributed by atoms with E-state index in [4.69, 9.17) is 34.8 Å². The van der Waals surface area contributed by atoms with E-state index < -0.39 is 17.6 Å². The van der Waals surface area contributed by atoms with Crippen LogP contribution in [-0.2, 0) is 29.0 Å². The summed E-state index contributed by atoms with van der Waals surface area (Å²) >= 11 is 20.8. The molecule has 0 aliphatic carbocycles. The predicted molar refractivity (Wildman–Crippen MR) is 133 cm³/mol. The van der Waals surface area contributed by atoms with Crippen molar-refractivity contribution in [2.45, 2.75) is 36.3 Å². The SMILES string of the molecule is CCn1c(CSCc2ccc(Cl)cc2Cl)nnc1SCC(=O)Nc1cc(C(F)(F)F)ccc1Cl. The third-order valence-corrected chi connectivity index (χ3v) is 7.37. The normalized spacial score (nSPS) is 11.6. The van der Waals surface area contributed by atoms with Gasteiger partial charge in [-0.1, -0.05) is 52.6 Å². The van der Waals surface area contributed by atoms with E-state index in [0.717, 1.165) is 41.3 Å². The molecule has 5 nitrogen and oxygen atoms in total. The van der Waals surface area contributed by atoms with Crippen LogP contribution in [0.5, 0.6) is 0 Å². The summed E-state index contributed by atoms with van der Waals surface area (Å²) in [5.74, 6) is 1.39. The van der Waals surface area contributed by atoms with Crippen LogP contribution in [0.1, 0.15) is 23.9 Å². The standard InChI is InChI=1S/C21H18Cl3F3N4OS2/c1-2-31-18(10-33-9-12-3-5-14(22)8-16(12)24)29-30-20(31)34-11-19(32)28-17-7-13(21(25,26)27)4-6-15(17)23/h3-8H,2,9-11H2,1H3,(H,28,32). The maximum absolute atomic E-state index is 12.9. The van der Waals surface area contributed by atoms with Crippen LogP contribution < -0.4 is 5.32 Å². The number of nitrogens with one attached hydrogen (secondary N) is 1. The Morgan fingerprint density at radius 2 is 1.82 bits per heavy atom. The average Bonchev–Trinajstić information content (AvgIpc) is 3.16. The molecule has 34 heavy (non-hydrogen) atoms. The number of hydrogen-bond donors (Lipinski definition) is 1. The third kappa shape index (κ3) is 7.21. The molecule has 0 atom stereocenters. The Labute approximate surface area is 217 Å². The summed E-state index contributed by atoms with van der Waals surface area (Å²) in [7, 11) is 0. The summed E-state index contributed by atoms with van der Waals surface area (Å²) in [4.78, 5) is 12.3. The number of carbonyl (C=O) groups is 1. The zero-order valence-corrected chi connectivity index (χ0v) is 21.5. The van der Waals surface area contributed by atoms with E-state index >= 15 is 0 Å². The summed E-state index contributed by atoms with van der Waals surface area (Å²) in [5, 5.41) is 12.5. The second-order valence-corrected chi connectivity index (χ2v) is 10.1. The van der Waals surface area contributed by atoms with Crippen molar-refractivity contribution in [3.63, 3.8) is 0 Å². The highest BCUT2D eigenvalue weighted by Crippen LogP contribution is 2.34. The van der Waals surface area contributed by atoms with Gasteiger partial charge in [-0.05, 0) is 42.8 Å². The maximum Gasteiger partial charge on any atom is 0.416 e. The molecule has 0 fully saturated rings. The minimum Gasteiger partial charge on any atom is -0.324 e. The van der Waals surface area contributed by atoms with Gasteiger partial charge in [-0.15, -0.1) is 22.0 Å². The summed E-state index contributed by atoms with van der Waals surface area (Å²) in [6.45, 7) is 2.52. The van der Waals surface area contributed by atoms with Gasteiger partial charge >= 0.3 is 6.18 Å². The van der Waals surface area contributed by atoms with Gasteiger partial charge in [0.15, 0.2) is 5.16 Å². The first-order valence-corrected chi connectivity index (χ1v) is 13.1. The van der Waals surface area contributed by atoms with Crippen LogP contribution in [0.25, 0.3) is 0 Å². The van der Waals surface area contributed by atoms with E-state index in [1.165, 1.54) is 0 Å². The maximum atomic E-state index is 12.9. The van der Waals surface area contributed by atoms with E-state index in [9.17, 15) is 18.0 Å². The van der Waals surface area contributed by atoms with Gasteiger partial charge in [0.2, 0.25) is 5.91 Å². The summed E-state index contributed by atoms with van der Waals surface area (Å²) in [6, 6.07) is 8.11. The van der Waals surface area contributed by atoms with Gasteiger partial charge in [0.25, 0.3) is 0 Å². The number of anilines is 1. The van der Waals surface area contributed by atoms with Crippen molar-refractivity contribution in [3.05, 3.63) is 68.4 Å². The molecule has 3 rings (SSSR count). The second kappa shape index (κ2) is 11.9. The zero-order valence-electron chi connectivity index (χ0n) is 17.6. The number of alkyl halides is 3. The fourth-order valence-electron chi connectivity index (χ4n) is 2.85. The second-order valence-electron chi connectivity index (χ2n) is 6.90. The van der Waals surface area contributed by atoms with Crippen LogP contribution in [-0.4, -0.2) is 26.4 Å². The highest BCUT2D eigenvalue weighted by atomic mass is 35.5. The molecule has 0 saturated heterocycles.